The molecule has 0 aromatic rings. The zero-order valence-electron chi connectivity index (χ0n) is 17.3. The normalized spacial score (nSPS) is 11.9. The Morgan fingerprint density at radius 2 is 1.64 bits per heavy atom. The molecule has 0 rings (SSSR count). The quantitative estimate of drug-likeness (QED) is 0.247. The van der Waals surface area contributed by atoms with Crippen LogP contribution in [0, 0.1) is 0 Å². The number of likely N-dealkylation sites (N-methyl/N-ethyl adjacent to an activating group) is 1. The standard InChI is InChI=1S/C19H37N3O6/c1-3-10-27-15-18(24)22-9-11-26-12-13-28-14-16(23)7-5-4-6-8-17(21-2)19(20)25/h17,21H,3-15H2,1-2H3,(H2,20,25)(H,22,24)/t17-/m0/s1. The minimum absolute atomic E-state index is 0.0550. The average Bonchev–Trinajstić information content (AvgIpc) is 2.66. The summed E-state index contributed by atoms with van der Waals surface area (Å²) in [5, 5.41) is 5.56. The second-order valence-corrected chi connectivity index (χ2v) is 6.45. The molecule has 0 aliphatic carbocycles. The van der Waals surface area contributed by atoms with E-state index in [0.29, 0.717) is 45.8 Å². The van der Waals surface area contributed by atoms with Gasteiger partial charge in [0, 0.05) is 19.6 Å². The van der Waals surface area contributed by atoms with Crippen molar-refractivity contribution >= 4 is 17.6 Å². The number of ketones is 1. The molecule has 1 atom stereocenters. The number of carbonyl (C=O) groups is 3. The molecule has 0 bridgehead atoms. The number of nitrogens with two attached hydrogens (primary N) is 1. The molecule has 2 amide bonds. The molecule has 0 aromatic carbocycles. The lowest BCUT2D eigenvalue weighted by molar-refractivity contribution is -0.126. The molecule has 164 valence electrons. The summed E-state index contributed by atoms with van der Waals surface area (Å²) in [5.74, 6) is -0.452. The van der Waals surface area contributed by atoms with E-state index in [1.54, 1.807) is 7.05 Å². The number of hydrogen-bond acceptors (Lipinski definition) is 7. The van der Waals surface area contributed by atoms with Gasteiger partial charge in [-0.05, 0) is 26.3 Å². The van der Waals surface area contributed by atoms with E-state index in [0.717, 1.165) is 25.7 Å². The topological polar surface area (TPSA) is 129 Å². The fraction of sp³-hybridized carbons (Fsp3) is 0.842. The Morgan fingerprint density at radius 3 is 2.32 bits per heavy atom. The Hall–Kier alpha value is -1.55. The lowest BCUT2D eigenvalue weighted by Gasteiger charge is -2.11. The monoisotopic (exact) mass is 403 g/mol. The first-order valence-electron chi connectivity index (χ1n) is 9.99. The molecule has 9 heteroatoms. The largest absolute Gasteiger partial charge is 0.377 e. The second kappa shape index (κ2) is 18.8. The van der Waals surface area contributed by atoms with Crippen molar-refractivity contribution in [2.24, 2.45) is 5.73 Å². The predicted octanol–water partition coefficient (Wildman–Crippen LogP) is 0.155. The van der Waals surface area contributed by atoms with Crippen molar-refractivity contribution in [2.45, 2.75) is 51.5 Å². The van der Waals surface area contributed by atoms with Crippen molar-refractivity contribution in [3.8, 4) is 0 Å². The molecular weight excluding hydrogens is 366 g/mol. The molecule has 0 saturated carbocycles. The molecule has 9 nitrogen and oxygen atoms in total. The average molecular weight is 404 g/mol. The summed E-state index contributed by atoms with van der Waals surface area (Å²) in [4.78, 5) is 34.1. The predicted molar refractivity (Wildman–Crippen MR) is 106 cm³/mol. The summed E-state index contributed by atoms with van der Waals surface area (Å²) in [6.07, 6.45) is 4.52. The van der Waals surface area contributed by atoms with Crippen molar-refractivity contribution in [3.05, 3.63) is 0 Å². The van der Waals surface area contributed by atoms with E-state index >= 15 is 0 Å². The third kappa shape index (κ3) is 16.6. The maximum absolute atomic E-state index is 11.7. The van der Waals surface area contributed by atoms with E-state index in [2.05, 4.69) is 10.6 Å². The van der Waals surface area contributed by atoms with E-state index in [1.807, 2.05) is 6.92 Å². The Labute approximate surface area is 168 Å². The first kappa shape index (κ1) is 26.4. The van der Waals surface area contributed by atoms with Gasteiger partial charge in [-0.15, -0.1) is 0 Å². The number of ether oxygens (including phenoxy) is 3. The van der Waals surface area contributed by atoms with Gasteiger partial charge in [0.15, 0.2) is 5.78 Å². The smallest absolute Gasteiger partial charge is 0.246 e. The van der Waals surface area contributed by atoms with Crippen LogP contribution in [0.25, 0.3) is 0 Å². The molecule has 0 radical (unpaired) electrons. The minimum Gasteiger partial charge on any atom is -0.377 e. The molecule has 0 aliphatic rings. The number of Topliss-reactive ketones (excluding diaryl/α,β-unsaturated/α-hetero) is 1. The van der Waals surface area contributed by atoms with E-state index in [4.69, 9.17) is 19.9 Å². The summed E-state index contributed by atoms with van der Waals surface area (Å²) >= 11 is 0. The number of amides is 2. The van der Waals surface area contributed by atoms with Gasteiger partial charge >= 0.3 is 0 Å². The van der Waals surface area contributed by atoms with Crippen molar-refractivity contribution in [1.29, 1.82) is 0 Å². The van der Waals surface area contributed by atoms with E-state index in [-0.39, 0.29) is 36.9 Å². The number of unbranched alkanes of at least 4 members (excludes halogenated alkanes) is 2. The molecule has 0 heterocycles. The zero-order chi connectivity index (χ0) is 21.0. The van der Waals surface area contributed by atoms with Crippen LogP contribution in [0.4, 0.5) is 0 Å². The van der Waals surface area contributed by atoms with Gasteiger partial charge < -0.3 is 30.6 Å². The molecular formula is C19H37N3O6. The summed E-state index contributed by atoms with van der Waals surface area (Å²) in [6, 6.07) is -0.304. The molecule has 0 spiro atoms. The highest BCUT2D eigenvalue weighted by Crippen LogP contribution is 2.06. The number of nitrogens with one attached hydrogen (secondary N) is 2. The van der Waals surface area contributed by atoms with Crippen molar-refractivity contribution in [2.75, 3.05) is 53.2 Å². The third-order valence-electron chi connectivity index (χ3n) is 3.93. The molecule has 0 unspecified atom stereocenters. The zero-order valence-corrected chi connectivity index (χ0v) is 17.3. The fourth-order valence-electron chi connectivity index (χ4n) is 2.38. The molecule has 4 N–H and O–H groups in total. The van der Waals surface area contributed by atoms with Crippen LogP contribution in [-0.4, -0.2) is 76.9 Å². The fourth-order valence-corrected chi connectivity index (χ4v) is 2.38. The summed E-state index contributed by atoms with van der Waals surface area (Å²) < 4.78 is 15.7. The van der Waals surface area contributed by atoms with E-state index in [9.17, 15) is 14.4 Å². The molecule has 0 fully saturated rings. The van der Waals surface area contributed by atoms with Crippen LogP contribution >= 0.6 is 0 Å². The number of hydrogen-bond donors (Lipinski definition) is 3. The van der Waals surface area contributed by atoms with Gasteiger partial charge in [-0.3, -0.25) is 14.4 Å². The Balaban J connectivity index is 3.39. The first-order chi connectivity index (χ1) is 13.5. The van der Waals surface area contributed by atoms with Crippen LogP contribution in [0.1, 0.15) is 45.4 Å². The van der Waals surface area contributed by atoms with Crippen LogP contribution in [0.2, 0.25) is 0 Å². The SMILES string of the molecule is CCCOCC(=O)NCCOCCOCC(=O)CCCCC[C@H](NC)C(N)=O. The van der Waals surface area contributed by atoms with Gasteiger partial charge in [-0.1, -0.05) is 19.8 Å². The third-order valence-corrected chi connectivity index (χ3v) is 3.93. The highest BCUT2D eigenvalue weighted by atomic mass is 16.5. The van der Waals surface area contributed by atoms with Gasteiger partial charge in [0.25, 0.3) is 0 Å². The Bertz CT molecular complexity index is 434. The molecule has 28 heavy (non-hydrogen) atoms. The van der Waals surface area contributed by atoms with Crippen molar-refractivity contribution in [3.63, 3.8) is 0 Å². The Kier molecular flexibility index (Phi) is 17.8. The molecule has 0 aliphatic heterocycles. The highest BCUT2D eigenvalue weighted by molar-refractivity contribution is 5.80. The molecule has 0 aromatic heterocycles. The maximum Gasteiger partial charge on any atom is 0.246 e. The summed E-state index contributed by atoms with van der Waals surface area (Å²) in [6.45, 7) is 4.21. The van der Waals surface area contributed by atoms with Gasteiger partial charge in [0.2, 0.25) is 11.8 Å². The summed E-state index contributed by atoms with van der Waals surface area (Å²) in [7, 11) is 1.71. The highest BCUT2D eigenvalue weighted by Gasteiger charge is 2.11. The number of primary amides is 1. The van der Waals surface area contributed by atoms with Gasteiger partial charge in [0.05, 0.1) is 25.9 Å². The van der Waals surface area contributed by atoms with Crippen molar-refractivity contribution < 1.29 is 28.6 Å². The van der Waals surface area contributed by atoms with Crippen LogP contribution in [0.15, 0.2) is 0 Å². The van der Waals surface area contributed by atoms with Crippen LogP contribution in [-0.2, 0) is 28.6 Å². The van der Waals surface area contributed by atoms with E-state index in [1.165, 1.54) is 0 Å². The minimum atomic E-state index is -0.349. The number of carbonyl (C=O) groups excluding carboxylic acids is 3. The lowest BCUT2D eigenvalue weighted by atomic mass is 10.1. The van der Waals surface area contributed by atoms with Crippen LogP contribution in [0.5, 0.6) is 0 Å². The molecule has 0 saturated heterocycles. The van der Waals surface area contributed by atoms with Crippen LogP contribution in [0.3, 0.4) is 0 Å². The maximum atomic E-state index is 11.7. The first-order valence-corrected chi connectivity index (χ1v) is 9.99. The van der Waals surface area contributed by atoms with Gasteiger partial charge in [-0.2, -0.15) is 0 Å². The van der Waals surface area contributed by atoms with Crippen molar-refractivity contribution in [1.82, 2.24) is 10.6 Å². The second-order valence-electron chi connectivity index (χ2n) is 6.45. The van der Waals surface area contributed by atoms with E-state index < -0.39 is 0 Å². The summed E-state index contributed by atoms with van der Waals surface area (Å²) in [5.41, 5.74) is 5.25. The van der Waals surface area contributed by atoms with Crippen LogP contribution < -0.4 is 16.4 Å². The lowest BCUT2D eigenvalue weighted by Crippen LogP contribution is -2.38. The van der Waals surface area contributed by atoms with Gasteiger partial charge in [-0.25, -0.2) is 0 Å². The Morgan fingerprint density at radius 1 is 0.929 bits per heavy atom. The van der Waals surface area contributed by atoms with Gasteiger partial charge in [0.1, 0.15) is 13.2 Å². The number of rotatable bonds is 20.